The van der Waals surface area contributed by atoms with E-state index in [1.807, 2.05) is 23.1 Å². The van der Waals surface area contributed by atoms with Gasteiger partial charge in [-0.1, -0.05) is 19.9 Å². The largest absolute Gasteiger partial charge is 0.340 e. The molecule has 2 amide bonds. The zero-order chi connectivity index (χ0) is 23.8. The van der Waals surface area contributed by atoms with Gasteiger partial charge in [0, 0.05) is 35.0 Å². The molecule has 3 heterocycles. The van der Waals surface area contributed by atoms with Crippen LogP contribution in [0.5, 0.6) is 0 Å². The molecule has 3 aromatic rings. The summed E-state index contributed by atoms with van der Waals surface area (Å²) < 4.78 is 2.36. The van der Waals surface area contributed by atoms with Gasteiger partial charge in [0.1, 0.15) is 11.9 Å². The van der Waals surface area contributed by atoms with Crippen LogP contribution in [0.4, 0.5) is 0 Å². The summed E-state index contributed by atoms with van der Waals surface area (Å²) in [6.45, 7) is 6.51. The van der Waals surface area contributed by atoms with Crippen LogP contribution in [0.15, 0.2) is 35.7 Å². The van der Waals surface area contributed by atoms with Crippen molar-refractivity contribution in [3.8, 4) is 0 Å². The molecule has 2 aromatic heterocycles. The average molecular weight is 479 g/mol. The molecule has 6 nitrogen and oxygen atoms in total. The van der Waals surface area contributed by atoms with E-state index in [0.29, 0.717) is 24.1 Å². The molecule has 34 heavy (non-hydrogen) atoms. The van der Waals surface area contributed by atoms with E-state index < -0.39 is 6.04 Å². The molecule has 0 bridgehead atoms. The van der Waals surface area contributed by atoms with Crippen molar-refractivity contribution in [1.82, 2.24) is 19.8 Å². The summed E-state index contributed by atoms with van der Waals surface area (Å²) in [5, 5.41) is 5.11. The highest BCUT2D eigenvalue weighted by atomic mass is 32.1. The summed E-state index contributed by atoms with van der Waals surface area (Å²) in [4.78, 5) is 34.4. The van der Waals surface area contributed by atoms with Gasteiger partial charge in [-0.2, -0.15) is 0 Å². The number of carbonyl (C=O) groups is 2. The first kappa shape index (κ1) is 23.1. The number of thiophene rings is 1. The van der Waals surface area contributed by atoms with E-state index in [2.05, 4.69) is 48.2 Å². The summed E-state index contributed by atoms with van der Waals surface area (Å²) in [6.07, 6.45) is 6.88. The molecular formula is C27H34N4O2S. The third kappa shape index (κ3) is 4.15. The highest BCUT2D eigenvalue weighted by Crippen LogP contribution is 2.32. The number of likely N-dealkylation sites (tertiary alicyclic amines) is 1. The minimum Gasteiger partial charge on any atom is -0.340 e. The van der Waals surface area contributed by atoms with Gasteiger partial charge in [-0.15, -0.1) is 11.3 Å². The third-order valence-corrected chi connectivity index (χ3v) is 8.50. The van der Waals surface area contributed by atoms with Crippen molar-refractivity contribution in [2.75, 3.05) is 0 Å². The molecule has 2 aliphatic rings. The van der Waals surface area contributed by atoms with Gasteiger partial charge in [0.05, 0.1) is 11.0 Å². The van der Waals surface area contributed by atoms with Gasteiger partial charge in [-0.05, 0) is 75.1 Å². The number of nitrogens with zero attached hydrogens (tertiary/aromatic N) is 3. The fourth-order valence-electron chi connectivity index (χ4n) is 5.56. The van der Waals surface area contributed by atoms with Crippen molar-refractivity contribution in [2.45, 2.75) is 89.9 Å². The predicted molar refractivity (Wildman–Crippen MR) is 136 cm³/mol. The van der Waals surface area contributed by atoms with Crippen LogP contribution in [-0.4, -0.2) is 44.4 Å². The maximum absolute atomic E-state index is 13.1. The number of aromatic nitrogens is 2. The van der Waals surface area contributed by atoms with Crippen LogP contribution in [0.25, 0.3) is 11.0 Å². The number of hydrogen-bond donors (Lipinski definition) is 1. The number of fused-ring (bicyclic) bond motifs is 1. The summed E-state index contributed by atoms with van der Waals surface area (Å²) >= 11 is 1.74. The van der Waals surface area contributed by atoms with Gasteiger partial charge >= 0.3 is 0 Å². The highest BCUT2D eigenvalue weighted by Gasteiger charge is 2.43. The summed E-state index contributed by atoms with van der Waals surface area (Å²) in [6, 6.07) is 10.5. The number of imidazole rings is 1. The van der Waals surface area contributed by atoms with Crippen LogP contribution in [0.3, 0.4) is 0 Å². The van der Waals surface area contributed by atoms with E-state index in [1.165, 1.54) is 11.3 Å². The predicted octanol–water partition coefficient (Wildman–Crippen LogP) is 5.32. The van der Waals surface area contributed by atoms with Crippen molar-refractivity contribution in [1.29, 1.82) is 0 Å². The van der Waals surface area contributed by atoms with Gasteiger partial charge in [0.2, 0.25) is 5.91 Å². The van der Waals surface area contributed by atoms with Gasteiger partial charge < -0.3 is 14.8 Å². The first-order chi connectivity index (χ1) is 16.5. The SMILES string of the molecule is CCC(CC)n1c(Cc2cccs2)nc2cc(C(=O)N[C@H]3CC(C)N(C4CCC4)C3=O)ccc21. The Kier molecular flexibility index (Phi) is 6.47. The molecule has 1 aliphatic carbocycles. The lowest BCUT2D eigenvalue weighted by Crippen LogP contribution is -2.48. The molecule has 180 valence electrons. The smallest absolute Gasteiger partial charge is 0.252 e. The minimum absolute atomic E-state index is 0.0721. The molecule has 1 saturated heterocycles. The van der Waals surface area contributed by atoms with E-state index >= 15 is 0 Å². The van der Waals surface area contributed by atoms with Gasteiger partial charge in [-0.3, -0.25) is 9.59 Å². The molecular weight excluding hydrogens is 444 g/mol. The lowest BCUT2D eigenvalue weighted by molar-refractivity contribution is -0.134. The Morgan fingerprint density at radius 3 is 2.68 bits per heavy atom. The molecule has 1 N–H and O–H groups in total. The molecule has 0 radical (unpaired) electrons. The van der Waals surface area contributed by atoms with E-state index in [-0.39, 0.29) is 17.9 Å². The van der Waals surface area contributed by atoms with Crippen LogP contribution in [0, 0.1) is 0 Å². The molecule has 1 saturated carbocycles. The van der Waals surface area contributed by atoms with Crippen molar-refractivity contribution in [3.63, 3.8) is 0 Å². The first-order valence-electron chi connectivity index (χ1n) is 12.7. The lowest BCUT2D eigenvalue weighted by atomic mass is 9.91. The first-order valence-corrected chi connectivity index (χ1v) is 13.5. The number of hydrogen-bond acceptors (Lipinski definition) is 4. The average Bonchev–Trinajstić information content (AvgIpc) is 3.49. The summed E-state index contributed by atoms with van der Waals surface area (Å²) in [5.41, 5.74) is 2.47. The van der Waals surface area contributed by atoms with Gasteiger partial charge in [-0.25, -0.2) is 4.98 Å². The minimum atomic E-state index is -0.435. The second kappa shape index (κ2) is 9.53. The van der Waals surface area contributed by atoms with Crippen LogP contribution in [0.1, 0.15) is 86.4 Å². The van der Waals surface area contributed by atoms with E-state index in [0.717, 1.165) is 49.0 Å². The fourth-order valence-corrected chi connectivity index (χ4v) is 6.27. The van der Waals surface area contributed by atoms with Crippen molar-refractivity contribution in [2.24, 2.45) is 0 Å². The van der Waals surface area contributed by atoms with E-state index in [1.54, 1.807) is 11.3 Å². The summed E-state index contributed by atoms with van der Waals surface area (Å²) in [5.74, 6) is 0.919. The number of rotatable bonds is 8. The van der Waals surface area contributed by atoms with Crippen molar-refractivity contribution < 1.29 is 9.59 Å². The van der Waals surface area contributed by atoms with Crippen LogP contribution in [0.2, 0.25) is 0 Å². The zero-order valence-electron chi connectivity index (χ0n) is 20.3. The van der Waals surface area contributed by atoms with Crippen molar-refractivity contribution in [3.05, 3.63) is 52.0 Å². The Morgan fingerprint density at radius 1 is 1.24 bits per heavy atom. The molecule has 0 spiro atoms. The van der Waals surface area contributed by atoms with Crippen molar-refractivity contribution >= 4 is 34.2 Å². The monoisotopic (exact) mass is 478 g/mol. The maximum Gasteiger partial charge on any atom is 0.252 e. The van der Waals surface area contributed by atoms with Gasteiger partial charge in [0.15, 0.2) is 0 Å². The van der Waals surface area contributed by atoms with Gasteiger partial charge in [0.25, 0.3) is 5.91 Å². The second-order valence-corrected chi connectivity index (χ2v) is 10.8. The maximum atomic E-state index is 13.1. The van der Waals surface area contributed by atoms with Crippen LogP contribution in [-0.2, 0) is 11.2 Å². The Labute approximate surface area is 205 Å². The van der Waals surface area contributed by atoms with Crippen LogP contribution >= 0.6 is 11.3 Å². The summed E-state index contributed by atoms with van der Waals surface area (Å²) in [7, 11) is 0. The Hall–Kier alpha value is -2.67. The molecule has 7 heteroatoms. The topological polar surface area (TPSA) is 67.2 Å². The Balaban J connectivity index is 1.40. The number of carbonyl (C=O) groups excluding carboxylic acids is 2. The molecule has 1 unspecified atom stereocenters. The normalized spacial score (nSPS) is 20.9. The molecule has 1 aromatic carbocycles. The Bertz CT molecular complexity index is 1180. The molecule has 2 atom stereocenters. The number of nitrogens with one attached hydrogen (secondary N) is 1. The standard InChI is InChI=1S/C27H34N4O2S/c1-4-19(5-2)31-24-12-11-18(15-22(24)28-25(31)16-21-10-7-13-34-21)26(32)29-23-14-17(3)30(27(23)33)20-8-6-9-20/h7,10-13,15,17,19-20,23H,4-6,8-9,14,16H2,1-3H3,(H,29,32)/t17?,23-/m0/s1. The molecule has 2 fully saturated rings. The van der Waals surface area contributed by atoms with E-state index in [4.69, 9.17) is 4.98 Å². The second-order valence-electron chi connectivity index (χ2n) is 9.77. The molecule has 1 aliphatic heterocycles. The lowest BCUT2D eigenvalue weighted by Gasteiger charge is -2.37. The zero-order valence-corrected chi connectivity index (χ0v) is 21.1. The van der Waals surface area contributed by atoms with E-state index in [9.17, 15) is 9.59 Å². The Morgan fingerprint density at radius 2 is 2.03 bits per heavy atom. The quantitative estimate of drug-likeness (QED) is 0.476. The molecule has 5 rings (SSSR count). The number of amides is 2. The number of benzene rings is 1. The highest BCUT2D eigenvalue weighted by molar-refractivity contribution is 7.09. The van der Waals surface area contributed by atoms with Crippen LogP contribution < -0.4 is 5.32 Å². The third-order valence-electron chi connectivity index (χ3n) is 7.62. The fraction of sp³-hybridized carbons (Fsp3) is 0.519.